The van der Waals surface area contributed by atoms with E-state index in [1.165, 1.54) is 0 Å². The summed E-state index contributed by atoms with van der Waals surface area (Å²) in [6.45, 7) is 6.65. The van der Waals surface area contributed by atoms with E-state index in [2.05, 4.69) is 23.9 Å². The van der Waals surface area contributed by atoms with Gasteiger partial charge in [0.25, 0.3) is 0 Å². The Hall–Kier alpha value is -0.900. The minimum atomic E-state index is 0.113. The number of hydrogen-bond acceptors (Lipinski definition) is 3. The molecule has 0 amide bonds. The van der Waals surface area contributed by atoms with E-state index in [4.69, 9.17) is 5.11 Å². The molecule has 12 heavy (non-hydrogen) atoms. The molecule has 4 heteroatoms. The van der Waals surface area contributed by atoms with E-state index in [1.807, 2.05) is 6.92 Å². The minimum Gasteiger partial charge on any atom is -0.394 e. The van der Waals surface area contributed by atoms with E-state index in [0.717, 1.165) is 11.6 Å². The van der Waals surface area contributed by atoms with Gasteiger partial charge >= 0.3 is 0 Å². The maximum atomic E-state index is 8.70. The Kier molecular flexibility index (Phi) is 2.81. The fraction of sp³-hybridized carbons (Fsp3) is 0.750. The molecule has 0 aromatic carbocycles. The summed E-state index contributed by atoms with van der Waals surface area (Å²) in [5, 5.41) is 12.9. The summed E-state index contributed by atoms with van der Waals surface area (Å²) in [4.78, 5) is 4.27. The highest BCUT2D eigenvalue weighted by Gasteiger charge is 2.08. The number of aryl methyl sites for hydroxylation is 1. The van der Waals surface area contributed by atoms with Crippen molar-refractivity contribution in [3.8, 4) is 0 Å². The summed E-state index contributed by atoms with van der Waals surface area (Å²) in [5.41, 5.74) is 0. The molecule has 4 nitrogen and oxygen atoms in total. The van der Waals surface area contributed by atoms with Crippen molar-refractivity contribution in [3.63, 3.8) is 0 Å². The lowest BCUT2D eigenvalue weighted by molar-refractivity contribution is 0.267. The van der Waals surface area contributed by atoms with Crippen LogP contribution in [0, 0.1) is 6.92 Å². The first-order chi connectivity index (χ1) is 5.65. The molecule has 1 aromatic rings. The molecule has 1 heterocycles. The van der Waals surface area contributed by atoms with Crippen LogP contribution in [0.15, 0.2) is 0 Å². The van der Waals surface area contributed by atoms with Crippen molar-refractivity contribution >= 4 is 0 Å². The minimum absolute atomic E-state index is 0.113. The molecule has 1 aromatic heterocycles. The molecule has 0 aliphatic heterocycles. The molecule has 0 aliphatic carbocycles. The summed E-state index contributed by atoms with van der Waals surface area (Å²) in [7, 11) is 0. The standard InChI is InChI=1S/C8H15N3O/c1-6(2)8-9-7(3)11(10-8)4-5-12/h6,12H,4-5H2,1-3H3. The van der Waals surface area contributed by atoms with Gasteiger partial charge in [0.15, 0.2) is 5.82 Å². The van der Waals surface area contributed by atoms with Crippen molar-refractivity contribution in [1.82, 2.24) is 14.8 Å². The molecule has 1 rings (SSSR count). The Bertz CT molecular complexity index is 255. The third kappa shape index (κ3) is 1.82. The summed E-state index contributed by atoms with van der Waals surface area (Å²) < 4.78 is 1.73. The number of aromatic nitrogens is 3. The van der Waals surface area contributed by atoms with Crippen LogP contribution in [0.2, 0.25) is 0 Å². The van der Waals surface area contributed by atoms with Crippen LogP contribution in [0.1, 0.15) is 31.4 Å². The van der Waals surface area contributed by atoms with Crippen LogP contribution in [0.4, 0.5) is 0 Å². The molecule has 1 N–H and O–H groups in total. The first kappa shape index (κ1) is 9.19. The molecule has 0 bridgehead atoms. The zero-order valence-electron chi connectivity index (χ0n) is 7.78. The third-order valence-electron chi connectivity index (χ3n) is 1.70. The molecule has 68 valence electrons. The summed E-state index contributed by atoms with van der Waals surface area (Å²) in [6, 6.07) is 0. The number of rotatable bonds is 3. The smallest absolute Gasteiger partial charge is 0.153 e. The van der Waals surface area contributed by atoms with E-state index in [9.17, 15) is 0 Å². The summed E-state index contributed by atoms with van der Waals surface area (Å²) >= 11 is 0. The quantitative estimate of drug-likeness (QED) is 0.724. The van der Waals surface area contributed by atoms with Gasteiger partial charge in [0, 0.05) is 5.92 Å². The van der Waals surface area contributed by atoms with Crippen molar-refractivity contribution in [1.29, 1.82) is 0 Å². The second-order valence-electron chi connectivity index (χ2n) is 3.12. The molecule has 0 unspecified atom stereocenters. The third-order valence-corrected chi connectivity index (χ3v) is 1.70. The van der Waals surface area contributed by atoms with E-state index < -0.39 is 0 Å². The van der Waals surface area contributed by atoms with Gasteiger partial charge < -0.3 is 5.11 Å². The lowest BCUT2D eigenvalue weighted by Crippen LogP contribution is -2.06. The van der Waals surface area contributed by atoms with Gasteiger partial charge in [-0.1, -0.05) is 13.8 Å². The van der Waals surface area contributed by atoms with Crippen molar-refractivity contribution in [2.75, 3.05) is 6.61 Å². The van der Waals surface area contributed by atoms with Crippen LogP contribution in [-0.4, -0.2) is 26.5 Å². The van der Waals surface area contributed by atoms with Crippen LogP contribution in [0.5, 0.6) is 0 Å². The maximum absolute atomic E-state index is 8.70. The molecule has 0 spiro atoms. The highest BCUT2D eigenvalue weighted by molar-refractivity contribution is 4.95. The molecule has 0 fully saturated rings. The zero-order valence-corrected chi connectivity index (χ0v) is 7.78. The Labute approximate surface area is 72.2 Å². The summed E-state index contributed by atoms with van der Waals surface area (Å²) in [5.74, 6) is 2.07. The van der Waals surface area contributed by atoms with Gasteiger partial charge in [0.05, 0.1) is 13.2 Å². The van der Waals surface area contributed by atoms with Crippen LogP contribution < -0.4 is 0 Å². The number of aliphatic hydroxyl groups excluding tert-OH is 1. The molecule has 0 radical (unpaired) electrons. The Morgan fingerprint density at radius 1 is 1.50 bits per heavy atom. The van der Waals surface area contributed by atoms with E-state index in [0.29, 0.717) is 12.5 Å². The summed E-state index contributed by atoms with van der Waals surface area (Å²) in [6.07, 6.45) is 0. The normalized spacial score (nSPS) is 11.1. The van der Waals surface area contributed by atoms with Crippen molar-refractivity contribution in [2.24, 2.45) is 0 Å². The topological polar surface area (TPSA) is 50.9 Å². The number of hydrogen-bond donors (Lipinski definition) is 1. The highest BCUT2D eigenvalue weighted by atomic mass is 16.3. The lowest BCUT2D eigenvalue weighted by Gasteiger charge is -1.97. The molecular weight excluding hydrogens is 154 g/mol. The molecular formula is C8H15N3O. The Morgan fingerprint density at radius 3 is 2.58 bits per heavy atom. The first-order valence-electron chi connectivity index (χ1n) is 4.17. The van der Waals surface area contributed by atoms with Crippen molar-refractivity contribution in [3.05, 3.63) is 11.6 Å². The largest absolute Gasteiger partial charge is 0.394 e. The van der Waals surface area contributed by atoms with E-state index in [-0.39, 0.29) is 6.61 Å². The van der Waals surface area contributed by atoms with E-state index >= 15 is 0 Å². The van der Waals surface area contributed by atoms with E-state index in [1.54, 1.807) is 4.68 Å². The van der Waals surface area contributed by atoms with Gasteiger partial charge in [0.1, 0.15) is 5.82 Å². The first-order valence-corrected chi connectivity index (χ1v) is 4.17. The van der Waals surface area contributed by atoms with Crippen LogP contribution in [0.25, 0.3) is 0 Å². The second-order valence-corrected chi connectivity index (χ2v) is 3.12. The number of aliphatic hydroxyl groups is 1. The molecule has 0 saturated heterocycles. The zero-order chi connectivity index (χ0) is 9.14. The Morgan fingerprint density at radius 2 is 2.17 bits per heavy atom. The van der Waals surface area contributed by atoms with Gasteiger partial charge in [0.2, 0.25) is 0 Å². The lowest BCUT2D eigenvalue weighted by atomic mass is 10.2. The van der Waals surface area contributed by atoms with Gasteiger partial charge in [-0.3, -0.25) is 0 Å². The molecule has 0 saturated carbocycles. The average molecular weight is 169 g/mol. The number of nitrogens with zero attached hydrogens (tertiary/aromatic N) is 3. The Balaban J connectivity index is 2.85. The highest BCUT2D eigenvalue weighted by Crippen LogP contribution is 2.08. The van der Waals surface area contributed by atoms with Crippen LogP contribution >= 0.6 is 0 Å². The van der Waals surface area contributed by atoms with Gasteiger partial charge in [-0.05, 0) is 6.92 Å². The SMILES string of the molecule is Cc1nc(C(C)C)nn1CCO. The average Bonchev–Trinajstić information content (AvgIpc) is 2.34. The van der Waals surface area contributed by atoms with Crippen LogP contribution in [0.3, 0.4) is 0 Å². The maximum Gasteiger partial charge on any atom is 0.153 e. The fourth-order valence-corrected chi connectivity index (χ4v) is 0.993. The van der Waals surface area contributed by atoms with Gasteiger partial charge in [-0.25, -0.2) is 9.67 Å². The van der Waals surface area contributed by atoms with Crippen LogP contribution in [-0.2, 0) is 6.54 Å². The fourth-order valence-electron chi connectivity index (χ4n) is 0.993. The van der Waals surface area contributed by atoms with Crippen molar-refractivity contribution < 1.29 is 5.11 Å². The van der Waals surface area contributed by atoms with Gasteiger partial charge in [-0.2, -0.15) is 5.10 Å². The molecule has 0 atom stereocenters. The second kappa shape index (κ2) is 3.67. The monoisotopic (exact) mass is 169 g/mol. The van der Waals surface area contributed by atoms with Gasteiger partial charge in [-0.15, -0.1) is 0 Å². The predicted octanol–water partition coefficient (Wildman–Crippen LogP) is 0.702. The predicted molar refractivity (Wildman–Crippen MR) is 45.9 cm³/mol. The molecule has 0 aliphatic rings. The van der Waals surface area contributed by atoms with Crippen molar-refractivity contribution in [2.45, 2.75) is 33.2 Å².